The first kappa shape index (κ1) is 21.5. The molecule has 2 aromatic heterocycles. The third kappa shape index (κ3) is 4.47. The molecule has 1 aromatic carbocycles. The number of nitrogen functional groups attached to an aromatic ring is 1. The van der Waals surface area contributed by atoms with E-state index >= 15 is 0 Å². The molecule has 0 radical (unpaired) electrons. The van der Waals surface area contributed by atoms with Gasteiger partial charge in [-0.25, -0.2) is 9.97 Å². The molecule has 160 valence electrons. The molecule has 0 fully saturated rings. The summed E-state index contributed by atoms with van der Waals surface area (Å²) in [6, 6.07) is 6.49. The number of hydrogen-bond donors (Lipinski definition) is 2. The number of imidazole rings is 1. The second kappa shape index (κ2) is 8.43. The van der Waals surface area contributed by atoms with Crippen molar-refractivity contribution in [1.82, 2.24) is 19.9 Å². The predicted octanol–water partition coefficient (Wildman–Crippen LogP) is 4.66. The van der Waals surface area contributed by atoms with Crippen LogP contribution >= 0.6 is 34.4 Å². The molecular weight excluding hydrogens is 513 g/mol. The Morgan fingerprint density at radius 3 is 2.73 bits per heavy atom. The summed E-state index contributed by atoms with van der Waals surface area (Å²) in [6.45, 7) is 9.92. The molecule has 0 saturated carbocycles. The number of aryl methyl sites for hydroxylation is 1. The summed E-state index contributed by atoms with van der Waals surface area (Å²) in [7, 11) is 0. The molecule has 0 atom stereocenters. The molecule has 7 nitrogen and oxygen atoms in total. The van der Waals surface area contributed by atoms with Crippen molar-refractivity contribution in [1.29, 1.82) is 0 Å². The van der Waals surface area contributed by atoms with E-state index in [-0.39, 0.29) is 0 Å². The molecule has 0 spiro atoms. The van der Waals surface area contributed by atoms with Crippen molar-refractivity contribution in [3.8, 4) is 11.5 Å². The molecule has 0 aliphatic carbocycles. The minimum Gasteiger partial charge on any atom is -0.449 e. The van der Waals surface area contributed by atoms with Crippen molar-refractivity contribution < 1.29 is 9.47 Å². The van der Waals surface area contributed by atoms with E-state index in [0.717, 1.165) is 55.7 Å². The Hall–Kier alpha value is -1.72. The van der Waals surface area contributed by atoms with Crippen LogP contribution in [0.2, 0.25) is 0 Å². The van der Waals surface area contributed by atoms with Gasteiger partial charge in [-0.2, -0.15) is 0 Å². The summed E-state index contributed by atoms with van der Waals surface area (Å²) in [5.41, 5.74) is 7.86. The average Bonchev–Trinajstić information content (AvgIpc) is 3.15. The number of nitrogens with one attached hydrogen (secondary N) is 1. The Kier molecular flexibility index (Phi) is 6.04. The molecule has 3 aromatic rings. The molecule has 4 rings (SSSR count). The Labute approximate surface area is 194 Å². The van der Waals surface area contributed by atoms with Gasteiger partial charge in [0.15, 0.2) is 22.5 Å². The number of pyridine rings is 1. The second-order valence-corrected chi connectivity index (χ2v) is 10.2. The smallest absolute Gasteiger partial charge is 0.246 e. The third-order valence-corrected chi connectivity index (χ3v) is 6.99. The van der Waals surface area contributed by atoms with Crippen LogP contribution in [-0.2, 0) is 6.54 Å². The summed E-state index contributed by atoms with van der Waals surface area (Å²) in [6.07, 6.45) is 2.73. The molecule has 0 bridgehead atoms. The van der Waals surface area contributed by atoms with Gasteiger partial charge in [0.1, 0.15) is 5.52 Å². The number of fused-ring (bicyclic) bond motifs is 2. The second-order valence-electron chi connectivity index (χ2n) is 8.01. The molecule has 1 aliphatic rings. The van der Waals surface area contributed by atoms with E-state index in [1.54, 1.807) is 18.0 Å². The molecule has 9 heteroatoms. The molecular formula is C21H26IN5O2S. The number of nitrogens with two attached hydrogens (primary N) is 1. The Morgan fingerprint density at radius 1 is 1.27 bits per heavy atom. The number of ether oxygens (including phenoxy) is 2. The van der Waals surface area contributed by atoms with Gasteiger partial charge >= 0.3 is 0 Å². The van der Waals surface area contributed by atoms with Gasteiger partial charge in [0.2, 0.25) is 5.79 Å². The molecule has 3 heterocycles. The fraction of sp³-hybridized carbons (Fsp3) is 0.429. The molecule has 1 aliphatic heterocycles. The van der Waals surface area contributed by atoms with Gasteiger partial charge in [-0.3, -0.25) is 0 Å². The molecule has 0 unspecified atom stereocenters. The maximum Gasteiger partial charge on any atom is 0.246 e. The van der Waals surface area contributed by atoms with Crippen LogP contribution in [0.1, 0.15) is 34.1 Å². The van der Waals surface area contributed by atoms with Gasteiger partial charge in [0, 0.05) is 41.1 Å². The van der Waals surface area contributed by atoms with Crippen molar-refractivity contribution in [2.75, 3.05) is 12.3 Å². The molecule has 30 heavy (non-hydrogen) atoms. The third-order valence-electron chi connectivity index (χ3n) is 4.68. The first-order chi connectivity index (χ1) is 14.2. The van der Waals surface area contributed by atoms with E-state index in [2.05, 4.69) is 51.3 Å². The minimum atomic E-state index is -0.647. The Morgan fingerprint density at radius 2 is 2.00 bits per heavy atom. The zero-order valence-corrected chi connectivity index (χ0v) is 20.5. The first-order valence-electron chi connectivity index (χ1n) is 9.97. The Balaban J connectivity index is 1.66. The van der Waals surface area contributed by atoms with Crippen LogP contribution < -0.4 is 20.5 Å². The van der Waals surface area contributed by atoms with Crippen LogP contribution in [0.3, 0.4) is 0 Å². The van der Waals surface area contributed by atoms with Gasteiger partial charge in [0.05, 0.1) is 5.52 Å². The van der Waals surface area contributed by atoms with Crippen LogP contribution in [0.25, 0.3) is 11.0 Å². The number of halogens is 1. The van der Waals surface area contributed by atoms with Crippen LogP contribution in [0.5, 0.6) is 11.5 Å². The fourth-order valence-electron chi connectivity index (χ4n) is 3.38. The van der Waals surface area contributed by atoms with Crippen molar-refractivity contribution in [3.63, 3.8) is 0 Å². The van der Waals surface area contributed by atoms with Gasteiger partial charge in [-0.05, 0) is 53.8 Å². The van der Waals surface area contributed by atoms with Crippen molar-refractivity contribution >= 4 is 51.2 Å². The van der Waals surface area contributed by atoms with E-state index < -0.39 is 5.79 Å². The SMILES string of the molecule is CC(C)NCCCn1c(Sc2cc3c(cc2I)OC(C)(C)O3)nc2c(N)nccc21. The number of benzene rings is 1. The molecule has 3 N–H and O–H groups in total. The van der Waals surface area contributed by atoms with Crippen LogP contribution in [-0.4, -0.2) is 32.9 Å². The summed E-state index contributed by atoms with van der Waals surface area (Å²) in [5, 5.41) is 4.37. The van der Waals surface area contributed by atoms with Crippen LogP contribution in [0.4, 0.5) is 5.82 Å². The lowest BCUT2D eigenvalue weighted by molar-refractivity contribution is -0.0432. The van der Waals surface area contributed by atoms with Gasteiger partial charge in [0.25, 0.3) is 0 Å². The highest BCUT2D eigenvalue weighted by atomic mass is 127. The summed E-state index contributed by atoms with van der Waals surface area (Å²) in [4.78, 5) is 10.1. The average molecular weight is 539 g/mol. The van der Waals surface area contributed by atoms with Crippen molar-refractivity contribution in [3.05, 3.63) is 28.0 Å². The highest BCUT2D eigenvalue weighted by Gasteiger charge is 2.32. The zero-order chi connectivity index (χ0) is 21.5. The van der Waals surface area contributed by atoms with Gasteiger partial charge < -0.3 is 25.1 Å². The van der Waals surface area contributed by atoms with Crippen LogP contribution in [0.15, 0.2) is 34.4 Å². The number of hydrogen-bond acceptors (Lipinski definition) is 7. The van der Waals surface area contributed by atoms with Crippen LogP contribution in [0, 0.1) is 3.57 Å². The minimum absolute atomic E-state index is 0.454. The summed E-state index contributed by atoms with van der Waals surface area (Å²) in [5.74, 6) is 1.34. The van der Waals surface area contributed by atoms with Crippen molar-refractivity contribution in [2.24, 2.45) is 0 Å². The molecule has 0 saturated heterocycles. The monoisotopic (exact) mass is 539 g/mol. The summed E-state index contributed by atoms with van der Waals surface area (Å²) < 4.78 is 15.1. The van der Waals surface area contributed by atoms with Crippen molar-refractivity contribution in [2.45, 2.75) is 62.5 Å². The normalized spacial score (nSPS) is 14.7. The predicted molar refractivity (Wildman–Crippen MR) is 128 cm³/mol. The highest BCUT2D eigenvalue weighted by molar-refractivity contribution is 14.1. The number of anilines is 1. The lowest BCUT2D eigenvalue weighted by Gasteiger charge is -2.16. The van der Waals surface area contributed by atoms with E-state index in [9.17, 15) is 0 Å². The van der Waals surface area contributed by atoms with Gasteiger partial charge in [-0.1, -0.05) is 25.6 Å². The molecule has 0 amide bonds. The first-order valence-corrected chi connectivity index (χ1v) is 11.9. The number of aromatic nitrogens is 3. The van der Waals surface area contributed by atoms with E-state index in [4.69, 9.17) is 20.2 Å². The van der Waals surface area contributed by atoms with E-state index in [1.807, 2.05) is 32.0 Å². The number of nitrogens with zero attached hydrogens (tertiary/aromatic N) is 3. The summed E-state index contributed by atoms with van der Waals surface area (Å²) >= 11 is 3.94. The highest BCUT2D eigenvalue weighted by Crippen LogP contribution is 2.45. The lowest BCUT2D eigenvalue weighted by Crippen LogP contribution is -2.29. The standard InChI is InChI=1S/C21H26IN5O2S/c1-12(2)24-7-5-9-27-14-6-8-25-19(23)18(14)26-20(27)30-17-11-16-15(10-13(17)22)28-21(3,4)29-16/h6,8,10-12,24H,5,7,9H2,1-4H3,(H2,23,25). The quantitative estimate of drug-likeness (QED) is 0.334. The zero-order valence-electron chi connectivity index (χ0n) is 17.5. The maximum absolute atomic E-state index is 6.11. The van der Waals surface area contributed by atoms with Gasteiger partial charge in [-0.15, -0.1) is 0 Å². The van der Waals surface area contributed by atoms with E-state index in [0.29, 0.717) is 11.9 Å². The fourth-order valence-corrected chi connectivity index (χ4v) is 5.10. The number of rotatable bonds is 7. The largest absolute Gasteiger partial charge is 0.449 e. The maximum atomic E-state index is 6.11. The topological polar surface area (TPSA) is 87.2 Å². The Bertz CT molecular complexity index is 1080. The lowest BCUT2D eigenvalue weighted by atomic mass is 10.3. The van der Waals surface area contributed by atoms with E-state index in [1.165, 1.54) is 0 Å².